The molecule has 0 aromatic carbocycles. The lowest BCUT2D eigenvalue weighted by Crippen LogP contribution is -2.34. The van der Waals surface area contributed by atoms with Crippen LogP contribution >= 0.6 is 0 Å². The van der Waals surface area contributed by atoms with E-state index >= 15 is 0 Å². The summed E-state index contributed by atoms with van der Waals surface area (Å²) < 4.78 is 13.4. The second-order valence-corrected chi connectivity index (χ2v) is 5.22. The lowest BCUT2D eigenvalue weighted by atomic mass is 10.1. The van der Waals surface area contributed by atoms with E-state index in [1.54, 1.807) is 6.07 Å². The van der Waals surface area contributed by atoms with Gasteiger partial charge in [-0.3, -0.25) is 0 Å². The lowest BCUT2D eigenvalue weighted by molar-refractivity contribution is 0.568. The molecule has 0 radical (unpaired) electrons. The van der Waals surface area contributed by atoms with Gasteiger partial charge in [-0.2, -0.15) is 0 Å². The van der Waals surface area contributed by atoms with Crippen molar-refractivity contribution in [1.82, 2.24) is 10.3 Å². The largest absolute Gasteiger partial charge is 0.354 e. The fourth-order valence-electron chi connectivity index (χ4n) is 2.07. The maximum atomic E-state index is 13.4. The van der Waals surface area contributed by atoms with Crippen LogP contribution in [0.4, 0.5) is 10.2 Å². The van der Waals surface area contributed by atoms with Gasteiger partial charge in [-0.05, 0) is 26.3 Å². The Bertz CT molecular complexity index is 393. The molecule has 1 heterocycles. The van der Waals surface area contributed by atoms with Gasteiger partial charge in [0.15, 0.2) is 0 Å². The molecule has 1 unspecified atom stereocenters. The Morgan fingerprint density at radius 1 is 1.32 bits per heavy atom. The molecule has 1 rings (SSSR count). The van der Waals surface area contributed by atoms with Gasteiger partial charge in [0, 0.05) is 30.7 Å². The molecular weight excluding hydrogens is 241 g/mol. The fraction of sp³-hybridized carbons (Fsp3) is 0.667. The van der Waals surface area contributed by atoms with Crippen molar-refractivity contribution in [2.24, 2.45) is 0 Å². The predicted molar refractivity (Wildman–Crippen MR) is 78.9 cm³/mol. The highest BCUT2D eigenvalue weighted by Crippen LogP contribution is 2.21. The van der Waals surface area contributed by atoms with Crippen molar-refractivity contribution in [3.63, 3.8) is 0 Å². The summed E-state index contributed by atoms with van der Waals surface area (Å²) in [7, 11) is 0. The van der Waals surface area contributed by atoms with Gasteiger partial charge in [-0.1, -0.05) is 20.8 Å². The van der Waals surface area contributed by atoms with E-state index in [-0.39, 0.29) is 5.82 Å². The molecular formula is C15H26FN3. The molecule has 0 aliphatic rings. The summed E-state index contributed by atoms with van der Waals surface area (Å²) in [5.41, 5.74) is 0.927. The summed E-state index contributed by atoms with van der Waals surface area (Å²) >= 11 is 0. The van der Waals surface area contributed by atoms with Crippen LogP contribution in [-0.4, -0.2) is 23.6 Å². The van der Waals surface area contributed by atoms with Gasteiger partial charge < -0.3 is 10.2 Å². The summed E-state index contributed by atoms with van der Waals surface area (Å²) in [6.45, 7) is 12.1. The number of anilines is 1. The second kappa shape index (κ2) is 7.43. The quantitative estimate of drug-likeness (QED) is 0.821. The average Bonchev–Trinajstić information content (AvgIpc) is 2.38. The zero-order valence-corrected chi connectivity index (χ0v) is 12.7. The minimum Gasteiger partial charge on any atom is -0.354 e. The number of hydrogen-bond donors (Lipinski definition) is 1. The van der Waals surface area contributed by atoms with Gasteiger partial charge >= 0.3 is 0 Å². The maximum absolute atomic E-state index is 13.4. The first-order valence-electron chi connectivity index (χ1n) is 7.14. The molecule has 1 N–H and O–H groups in total. The van der Waals surface area contributed by atoms with Crippen molar-refractivity contribution in [1.29, 1.82) is 0 Å². The van der Waals surface area contributed by atoms with Gasteiger partial charge in [0.05, 0.1) is 6.20 Å². The smallest absolute Gasteiger partial charge is 0.141 e. The molecule has 0 bridgehead atoms. The molecule has 0 aliphatic carbocycles. The van der Waals surface area contributed by atoms with E-state index in [4.69, 9.17) is 0 Å². The zero-order chi connectivity index (χ0) is 14.4. The molecule has 0 saturated heterocycles. The molecule has 1 aromatic heterocycles. The summed E-state index contributed by atoms with van der Waals surface area (Å²) in [6.07, 6.45) is 2.35. The minimum atomic E-state index is -0.274. The number of rotatable bonds is 7. The molecule has 1 atom stereocenters. The Kier molecular flexibility index (Phi) is 6.22. The van der Waals surface area contributed by atoms with Crippen LogP contribution in [0.1, 0.15) is 46.6 Å². The van der Waals surface area contributed by atoms with Crippen molar-refractivity contribution in [3.05, 3.63) is 23.6 Å². The van der Waals surface area contributed by atoms with Crippen molar-refractivity contribution < 1.29 is 4.39 Å². The number of nitrogens with one attached hydrogen (secondary N) is 1. The number of nitrogens with zero attached hydrogens (tertiary/aromatic N) is 2. The Morgan fingerprint density at radius 2 is 2.00 bits per heavy atom. The van der Waals surface area contributed by atoms with Crippen LogP contribution in [0.3, 0.4) is 0 Å². The minimum absolute atomic E-state index is 0.274. The SMILES string of the molecule is CCC(C)N(CC)c1ncc(F)cc1CNC(C)C. The normalized spacial score (nSPS) is 12.8. The molecule has 108 valence electrons. The molecule has 0 fully saturated rings. The molecule has 1 aromatic rings. The Hall–Kier alpha value is -1.16. The highest BCUT2D eigenvalue weighted by molar-refractivity contribution is 5.47. The molecule has 0 saturated carbocycles. The fourth-order valence-corrected chi connectivity index (χ4v) is 2.07. The van der Waals surface area contributed by atoms with Crippen LogP contribution in [0.15, 0.2) is 12.3 Å². The van der Waals surface area contributed by atoms with Gasteiger partial charge in [0.1, 0.15) is 11.6 Å². The van der Waals surface area contributed by atoms with Gasteiger partial charge in [-0.25, -0.2) is 9.37 Å². The third-order valence-corrected chi connectivity index (χ3v) is 3.35. The van der Waals surface area contributed by atoms with E-state index in [2.05, 4.69) is 49.8 Å². The Morgan fingerprint density at radius 3 is 2.53 bits per heavy atom. The first-order valence-corrected chi connectivity index (χ1v) is 7.14. The van der Waals surface area contributed by atoms with Crippen molar-refractivity contribution >= 4 is 5.82 Å². The molecule has 0 aliphatic heterocycles. The van der Waals surface area contributed by atoms with Gasteiger partial charge in [-0.15, -0.1) is 0 Å². The second-order valence-electron chi connectivity index (χ2n) is 5.22. The van der Waals surface area contributed by atoms with Crippen LogP contribution in [0.5, 0.6) is 0 Å². The summed E-state index contributed by atoms with van der Waals surface area (Å²) in [5, 5.41) is 3.33. The summed E-state index contributed by atoms with van der Waals surface area (Å²) in [5.74, 6) is 0.621. The molecule has 19 heavy (non-hydrogen) atoms. The number of aromatic nitrogens is 1. The summed E-state index contributed by atoms with van der Waals surface area (Å²) in [4.78, 5) is 6.54. The van der Waals surface area contributed by atoms with E-state index in [1.165, 1.54) is 6.20 Å². The summed E-state index contributed by atoms with van der Waals surface area (Å²) in [6, 6.07) is 2.36. The molecule has 3 nitrogen and oxygen atoms in total. The Balaban J connectivity index is 3.03. The first-order chi connectivity index (χ1) is 8.99. The first kappa shape index (κ1) is 15.9. The van der Waals surface area contributed by atoms with Crippen LogP contribution in [0, 0.1) is 5.82 Å². The van der Waals surface area contributed by atoms with E-state index in [0.717, 1.165) is 24.3 Å². The topological polar surface area (TPSA) is 28.2 Å². The average molecular weight is 267 g/mol. The van der Waals surface area contributed by atoms with Gasteiger partial charge in [0.2, 0.25) is 0 Å². The third-order valence-electron chi connectivity index (χ3n) is 3.35. The number of pyridine rings is 1. The lowest BCUT2D eigenvalue weighted by Gasteiger charge is -2.30. The van der Waals surface area contributed by atoms with Crippen molar-refractivity contribution in [2.75, 3.05) is 11.4 Å². The highest BCUT2D eigenvalue weighted by Gasteiger charge is 2.17. The standard InChI is InChI=1S/C15H26FN3/c1-6-12(5)19(7-2)15-13(9-17-11(3)4)8-14(16)10-18-15/h8,10-12,17H,6-7,9H2,1-5H3. The van der Waals surface area contributed by atoms with Crippen LogP contribution in [0.25, 0.3) is 0 Å². The van der Waals surface area contributed by atoms with Crippen molar-refractivity contribution in [2.45, 2.75) is 59.7 Å². The van der Waals surface area contributed by atoms with E-state index in [1.807, 2.05) is 0 Å². The molecule has 0 amide bonds. The van der Waals surface area contributed by atoms with E-state index in [0.29, 0.717) is 18.6 Å². The van der Waals surface area contributed by atoms with Crippen molar-refractivity contribution in [3.8, 4) is 0 Å². The highest BCUT2D eigenvalue weighted by atomic mass is 19.1. The predicted octanol–water partition coefficient (Wildman–Crippen LogP) is 3.34. The third kappa shape index (κ3) is 4.46. The number of hydrogen-bond acceptors (Lipinski definition) is 3. The zero-order valence-electron chi connectivity index (χ0n) is 12.7. The molecule has 0 spiro atoms. The van der Waals surface area contributed by atoms with E-state index < -0.39 is 0 Å². The van der Waals surface area contributed by atoms with E-state index in [9.17, 15) is 4.39 Å². The van der Waals surface area contributed by atoms with Crippen LogP contribution < -0.4 is 10.2 Å². The number of halogens is 1. The van der Waals surface area contributed by atoms with Crippen LogP contribution in [0.2, 0.25) is 0 Å². The Labute approximate surface area is 116 Å². The molecule has 4 heteroatoms. The monoisotopic (exact) mass is 267 g/mol. The van der Waals surface area contributed by atoms with Gasteiger partial charge in [0.25, 0.3) is 0 Å². The maximum Gasteiger partial charge on any atom is 0.141 e. The van der Waals surface area contributed by atoms with Crippen LogP contribution in [-0.2, 0) is 6.54 Å².